The second-order valence-corrected chi connectivity index (χ2v) is 4.65. The number of amides is 2. The number of benzene rings is 1. The molecule has 0 aliphatic rings. The van der Waals surface area contributed by atoms with Gasteiger partial charge in [0.05, 0.1) is 11.6 Å². The molecule has 0 bridgehead atoms. The summed E-state index contributed by atoms with van der Waals surface area (Å²) in [5.74, 6) is 0.599. The molecule has 2 N–H and O–H groups in total. The van der Waals surface area contributed by atoms with Crippen LogP contribution < -0.4 is 15.4 Å². The highest BCUT2D eigenvalue weighted by atomic mass is 35.5. The summed E-state index contributed by atoms with van der Waals surface area (Å²) in [5, 5.41) is 5.93. The first-order valence-electron chi connectivity index (χ1n) is 6.55. The number of nitrogens with one attached hydrogen (secondary N) is 2. The molecule has 2 amide bonds. The monoisotopic (exact) mass is 305 g/mol. The maximum Gasteiger partial charge on any atom is 0.319 e. The van der Waals surface area contributed by atoms with Crippen LogP contribution in [0.5, 0.6) is 5.75 Å². The lowest BCUT2D eigenvalue weighted by Crippen LogP contribution is -2.28. The molecule has 5 nitrogen and oxygen atoms in total. The van der Waals surface area contributed by atoms with E-state index in [1.54, 1.807) is 30.6 Å². The van der Waals surface area contributed by atoms with E-state index in [1.165, 1.54) is 0 Å². The predicted octanol–water partition coefficient (Wildman–Crippen LogP) is 3.46. The van der Waals surface area contributed by atoms with Gasteiger partial charge in [0.2, 0.25) is 0 Å². The maximum atomic E-state index is 11.8. The minimum absolute atomic E-state index is 0.299. The van der Waals surface area contributed by atoms with Crippen molar-refractivity contribution in [2.24, 2.45) is 0 Å². The standard InChI is InChI=1S/C15H16ClN3O2/c1-2-21-14-4-3-12(9-13(14)16)19-15(20)18-10-11-5-7-17-8-6-11/h3-9H,2,10H2,1H3,(H2,18,19,20). The van der Waals surface area contributed by atoms with E-state index in [1.807, 2.05) is 19.1 Å². The lowest BCUT2D eigenvalue weighted by atomic mass is 10.3. The first kappa shape index (κ1) is 15.1. The first-order valence-corrected chi connectivity index (χ1v) is 6.93. The molecule has 2 rings (SSSR count). The number of hydrogen-bond acceptors (Lipinski definition) is 3. The molecule has 110 valence electrons. The third kappa shape index (κ3) is 4.65. The summed E-state index contributed by atoms with van der Waals surface area (Å²) in [5.41, 5.74) is 1.58. The summed E-state index contributed by atoms with van der Waals surface area (Å²) >= 11 is 6.06. The van der Waals surface area contributed by atoms with Gasteiger partial charge in [-0.05, 0) is 42.8 Å². The first-order chi connectivity index (χ1) is 10.2. The minimum atomic E-state index is -0.299. The summed E-state index contributed by atoms with van der Waals surface area (Å²) in [7, 11) is 0. The van der Waals surface area contributed by atoms with Crippen molar-refractivity contribution in [3.05, 3.63) is 53.3 Å². The van der Waals surface area contributed by atoms with Crippen LogP contribution in [0.3, 0.4) is 0 Å². The summed E-state index contributed by atoms with van der Waals surface area (Å²) in [6.07, 6.45) is 3.36. The summed E-state index contributed by atoms with van der Waals surface area (Å²) in [4.78, 5) is 15.7. The summed E-state index contributed by atoms with van der Waals surface area (Å²) < 4.78 is 5.34. The van der Waals surface area contributed by atoms with Crippen LogP contribution in [0.1, 0.15) is 12.5 Å². The van der Waals surface area contributed by atoms with E-state index in [0.717, 1.165) is 5.56 Å². The SMILES string of the molecule is CCOc1ccc(NC(=O)NCc2ccncc2)cc1Cl. The number of nitrogens with zero attached hydrogens (tertiary/aromatic N) is 1. The Hall–Kier alpha value is -2.27. The van der Waals surface area contributed by atoms with E-state index in [0.29, 0.717) is 29.6 Å². The molecule has 0 saturated carbocycles. The minimum Gasteiger partial charge on any atom is -0.492 e. The number of ether oxygens (including phenoxy) is 1. The average molecular weight is 306 g/mol. The number of halogens is 1. The third-order valence-electron chi connectivity index (χ3n) is 2.69. The van der Waals surface area contributed by atoms with E-state index in [9.17, 15) is 4.79 Å². The highest BCUT2D eigenvalue weighted by molar-refractivity contribution is 6.32. The molecule has 1 aromatic carbocycles. The van der Waals surface area contributed by atoms with Gasteiger partial charge >= 0.3 is 6.03 Å². The van der Waals surface area contributed by atoms with Gasteiger partial charge in [0.15, 0.2) is 0 Å². The molecule has 0 fully saturated rings. The van der Waals surface area contributed by atoms with Gasteiger partial charge in [0.25, 0.3) is 0 Å². The van der Waals surface area contributed by atoms with Gasteiger partial charge in [0, 0.05) is 24.6 Å². The molecule has 0 unspecified atom stereocenters. The molecule has 0 aliphatic heterocycles. The van der Waals surface area contributed by atoms with Gasteiger partial charge in [-0.15, -0.1) is 0 Å². The zero-order chi connectivity index (χ0) is 15.1. The van der Waals surface area contributed by atoms with E-state index in [-0.39, 0.29) is 6.03 Å². The average Bonchev–Trinajstić information content (AvgIpc) is 2.49. The van der Waals surface area contributed by atoms with Crippen LogP contribution in [0.2, 0.25) is 5.02 Å². The molecule has 6 heteroatoms. The van der Waals surface area contributed by atoms with E-state index in [4.69, 9.17) is 16.3 Å². The van der Waals surface area contributed by atoms with Crippen molar-refractivity contribution in [2.75, 3.05) is 11.9 Å². The zero-order valence-electron chi connectivity index (χ0n) is 11.6. The smallest absolute Gasteiger partial charge is 0.319 e. The van der Waals surface area contributed by atoms with Gasteiger partial charge in [-0.3, -0.25) is 4.98 Å². The lowest BCUT2D eigenvalue weighted by Gasteiger charge is -2.10. The van der Waals surface area contributed by atoms with Crippen LogP contribution in [-0.2, 0) is 6.54 Å². The van der Waals surface area contributed by atoms with Gasteiger partial charge in [0.1, 0.15) is 5.75 Å². The zero-order valence-corrected chi connectivity index (χ0v) is 12.4. The second kappa shape index (κ2) is 7.50. The Morgan fingerprint density at radius 1 is 1.29 bits per heavy atom. The van der Waals surface area contributed by atoms with Gasteiger partial charge in [-0.25, -0.2) is 4.79 Å². The van der Waals surface area contributed by atoms with Gasteiger partial charge in [-0.1, -0.05) is 11.6 Å². The molecular formula is C15H16ClN3O2. The van der Waals surface area contributed by atoms with Crippen LogP contribution in [0, 0.1) is 0 Å². The van der Waals surface area contributed by atoms with Crippen molar-refractivity contribution in [2.45, 2.75) is 13.5 Å². The number of anilines is 1. The Bertz CT molecular complexity index is 605. The van der Waals surface area contributed by atoms with Crippen molar-refractivity contribution in [3.8, 4) is 5.75 Å². The Kier molecular flexibility index (Phi) is 5.40. The number of urea groups is 1. The van der Waals surface area contributed by atoms with Crippen LogP contribution in [0.4, 0.5) is 10.5 Å². The largest absolute Gasteiger partial charge is 0.492 e. The maximum absolute atomic E-state index is 11.8. The molecule has 0 spiro atoms. The van der Waals surface area contributed by atoms with Crippen molar-refractivity contribution < 1.29 is 9.53 Å². The molecule has 0 saturated heterocycles. The molecule has 0 radical (unpaired) electrons. The van der Waals surface area contributed by atoms with Crippen molar-refractivity contribution in [1.29, 1.82) is 0 Å². The number of hydrogen-bond donors (Lipinski definition) is 2. The van der Waals surface area contributed by atoms with Crippen molar-refractivity contribution in [1.82, 2.24) is 10.3 Å². The van der Waals surface area contributed by atoms with E-state index in [2.05, 4.69) is 15.6 Å². The van der Waals surface area contributed by atoms with Crippen LogP contribution >= 0.6 is 11.6 Å². The summed E-state index contributed by atoms with van der Waals surface area (Å²) in [6.45, 7) is 2.85. The molecule has 21 heavy (non-hydrogen) atoms. The topological polar surface area (TPSA) is 63.2 Å². The van der Waals surface area contributed by atoms with Gasteiger partial charge < -0.3 is 15.4 Å². The molecule has 0 atom stereocenters. The molecule has 1 aromatic heterocycles. The Balaban J connectivity index is 1.89. The van der Waals surface area contributed by atoms with Crippen LogP contribution in [0.15, 0.2) is 42.7 Å². The molecular weight excluding hydrogens is 290 g/mol. The van der Waals surface area contributed by atoms with E-state index >= 15 is 0 Å². The highest BCUT2D eigenvalue weighted by Gasteiger charge is 2.05. The molecule has 0 aliphatic carbocycles. The Labute approximate surface area is 128 Å². The number of pyridine rings is 1. The lowest BCUT2D eigenvalue weighted by molar-refractivity contribution is 0.251. The fraction of sp³-hybridized carbons (Fsp3) is 0.200. The number of carbonyl (C=O) groups excluding carboxylic acids is 1. The third-order valence-corrected chi connectivity index (χ3v) is 2.99. The fourth-order valence-electron chi connectivity index (χ4n) is 1.71. The van der Waals surface area contributed by atoms with Crippen molar-refractivity contribution >= 4 is 23.3 Å². The normalized spacial score (nSPS) is 10.0. The Morgan fingerprint density at radius 3 is 2.71 bits per heavy atom. The van der Waals surface area contributed by atoms with E-state index < -0.39 is 0 Å². The number of aromatic nitrogens is 1. The Morgan fingerprint density at radius 2 is 2.05 bits per heavy atom. The fourth-order valence-corrected chi connectivity index (χ4v) is 1.94. The second-order valence-electron chi connectivity index (χ2n) is 4.24. The quantitative estimate of drug-likeness (QED) is 0.889. The van der Waals surface area contributed by atoms with Crippen molar-refractivity contribution in [3.63, 3.8) is 0 Å². The van der Waals surface area contributed by atoms with Gasteiger partial charge in [-0.2, -0.15) is 0 Å². The highest BCUT2D eigenvalue weighted by Crippen LogP contribution is 2.27. The number of rotatable bonds is 5. The molecule has 2 aromatic rings. The number of carbonyl (C=O) groups is 1. The predicted molar refractivity (Wildman–Crippen MR) is 82.7 cm³/mol. The molecule has 1 heterocycles. The van der Waals surface area contributed by atoms with Crippen LogP contribution in [-0.4, -0.2) is 17.6 Å². The summed E-state index contributed by atoms with van der Waals surface area (Å²) in [6, 6.07) is 8.50. The van der Waals surface area contributed by atoms with Crippen LogP contribution in [0.25, 0.3) is 0 Å².